The van der Waals surface area contributed by atoms with Gasteiger partial charge in [-0.3, -0.25) is 9.59 Å². The summed E-state index contributed by atoms with van der Waals surface area (Å²) >= 11 is 0. The van der Waals surface area contributed by atoms with E-state index in [1.165, 1.54) is 0 Å². The second-order valence-corrected chi connectivity index (χ2v) is 6.13. The van der Waals surface area contributed by atoms with Crippen LogP contribution >= 0.6 is 0 Å². The Hall–Kier alpha value is -3.15. The summed E-state index contributed by atoms with van der Waals surface area (Å²) in [5.41, 5.74) is 2.73. The van der Waals surface area contributed by atoms with Crippen LogP contribution in [0.1, 0.15) is 10.4 Å². The molecule has 2 fully saturated rings. The second-order valence-electron chi connectivity index (χ2n) is 6.13. The van der Waals surface area contributed by atoms with Gasteiger partial charge in [0.15, 0.2) is 6.61 Å². The number of hydrogen-bond donors (Lipinski definition) is 0. The molecule has 6 heteroatoms. The lowest BCUT2D eigenvalue weighted by molar-refractivity contribution is -0.129. The third kappa shape index (κ3) is 2.76. The number of carbonyl (C=O) groups excluding carboxylic acids is 3. The second kappa shape index (κ2) is 6.05. The van der Waals surface area contributed by atoms with Gasteiger partial charge in [-0.1, -0.05) is 42.5 Å². The number of hydrogen-bond acceptors (Lipinski definition) is 4. The molecule has 4 rings (SSSR count). The fourth-order valence-corrected chi connectivity index (χ4v) is 3.12. The van der Waals surface area contributed by atoms with Crippen molar-refractivity contribution in [3.63, 3.8) is 0 Å². The SMILES string of the molecule is O=C(c1ccc(-c2ccccc2)cc1)N1CC(N2C(=O)COC2=O)C1. The Bertz CT molecular complexity index is 810. The fourth-order valence-electron chi connectivity index (χ4n) is 3.12. The van der Waals surface area contributed by atoms with E-state index in [1.54, 1.807) is 17.0 Å². The molecule has 0 spiro atoms. The largest absolute Gasteiger partial charge is 0.439 e. The van der Waals surface area contributed by atoms with E-state index in [9.17, 15) is 14.4 Å². The zero-order chi connectivity index (χ0) is 17.4. The minimum absolute atomic E-state index is 0.101. The summed E-state index contributed by atoms with van der Waals surface area (Å²) < 4.78 is 4.70. The molecule has 0 aromatic heterocycles. The molecule has 2 aliphatic heterocycles. The van der Waals surface area contributed by atoms with Gasteiger partial charge in [-0.15, -0.1) is 0 Å². The Balaban J connectivity index is 1.41. The minimum Gasteiger partial charge on any atom is -0.439 e. The summed E-state index contributed by atoms with van der Waals surface area (Å²) in [7, 11) is 0. The topological polar surface area (TPSA) is 66.9 Å². The van der Waals surface area contributed by atoms with Crippen LogP contribution in [0.3, 0.4) is 0 Å². The van der Waals surface area contributed by atoms with Crippen molar-refractivity contribution in [3.05, 3.63) is 60.2 Å². The number of nitrogens with zero attached hydrogens (tertiary/aromatic N) is 2. The van der Waals surface area contributed by atoms with Gasteiger partial charge in [-0.05, 0) is 23.3 Å². The quantitative estimate of drug-likeness (QED) is 0.861. The number of rotatable bonds is 3. The lowest BCUT2D eigenvalue weighted by Gasteiger charge is -2.41. The summed E-state index contributed by atoms with van der Waals surface area (Å²) in [4.78, 5) is 38.4. The molecule has 0 unspecified atom stereocenters. The predicted molar refractivity (Wildman–Crippen MR) is 89.8 cm³/mol. The molecular weight excluding hydrogens is 320 g/mol. The molecule has 2 aromatic rings. The summed E-state index contributed by atoms with van der Waals surface area (Å²) in [6, 6.07) is 17.1. The maximum atomic E-state index is 12.5. The van der Waals surface area contributed by atoms with Crippen molar-refractivity contribution in [2.24, 2.45) is 0 Å². The molecule has 0 aliphatic carbocycles. The lowest BCUT2D eigenvalue weighted by atomic mass is 10.0. The zero-order valence-corrected chi connectivity index (χ0v) is 13.4. The number of cyclic esters (lactones) is 1. The number of benzene rings is 2. The molecule has 3 amide bonds. The Morgan fingerprint density at radius 3 is 2.16 bits per heavy atom. The molecule has 2 saturated heterocycles. The normalized spacial score (nSPS) is 17.4. The summed E-state index contributed by atoms with van der Waals surface area (Å²) in [5, 5.41) is 0. The van der Waals surface area contributed by atoms with Crippen molar-refractivity contribution in [2.45, 2.75) is 6.04 Å². The first-order chi connectivity index (χ1) is 12.1. The van der Waals surface area contributed by atoms with Crippen LogP contribution < -0.4 is 0 Å². The molecule has 6 nitrogen and oxygen atoms in total. The summed E-state index contributed by atoms with van der Waals surface area (Å²) in [6.45, 7) is 0.491. The Morgan fingerprint density at radius 2 is 1.56 bits per heavy atom. The van der Waals surface area contributed by atoms with E-state index in [-0.39, 0.29) is 24.5 Å². The first-order valence-corrected chi connectivity index (χ1v) is 8.07. The number of ether oxygens (including phenoxy) is 1. The van der Waals surface area contributed by atoms with Crippen LogP contribution in [0.2, 0.25) is 0 Å². The van der Waals surface area contributed by atoms with E-state index in [2.05, 4.69) is 0 Å². The number of amides is 3. The van der Waals surface area contributed by atoms with Crippen LogP contribution in [-0.4, -0.2) is 53.4 Å². The van der Waals surface area contributed by atoms with Crippen molar-refractivity contribution in [3.8, 4) is 11.1 Å². The first-order valence-electron chi connectivity index (χ1n) is 8.07. The third-order valence-corrected chi connectivity index (χ3v) is 4.54. The van der Waals surface area contributed by atoms with E-state index < -0.39 is 6.09 Å². The van der Waals surface area contributed by atoms with Gasteiger partial charge in [0.25, 0.3) is 11.8 Å². The zero-order valence-electron chi connectivity index (χ0n) is 13.4. The fraction of sp³-hybridized carbons (Fsp3) is 0.211. The molecule has 0 radical (unpaired) electrons. The van der Waals surface area contributed by atoms with Crippen LogP contribution in [-0.2, 0) is 9.53 Å². The lowest BCUT2D eigenvalue weighted by Crippen LogP contribution is -2.62. The highest BCUT2D eigenvalue weighted by molar-refractivity contribution is 5.99. The monoisotopic (exact) mass is 336 g/mol. The van der Waals surface area contributed by atoms with E-state index >= 15 is 0 Å². The van der Waals surface area contributed by atoms with Gasteiger partial charge in [-0.2, -0.15) is 0 Å². The van der Waals surface area contributed by atoms with Crippen LogP contribution in [0.15, 0.2) is 54.6 Å². The van der Waals surface area contributed by atoms with Gasteiger partial charge in [0.2, 0.25) is 0 Å². The number of imide groups is 1. The Kier molecular flexibility index (Phi) is 3.72. The van der Waals surface area contributed by atoms with Crippen molar-refractivity contribution >= 4 is 17.9 Å². The average Bonchev–Trinajstić information content (AvgIpc) is 2.94. The summed E-state index contributed by atoms with van der Waals surface area (Å²) in [5.74, 6) is -0.440. The Morgan fingerprint density at radius 1 is 0.920 bits per heavy atom. The van der Waals surface area contributed by atoms with Crippen molar-refractivity contribution < 1.29 is 19.1 Å². The first kappa shape index (κ1) is 15.4. The van der Waals surface area contributed by atoms with Crippen molar-refractivity contribution in [1.82, 2.24) is 9.80 Å². The molecular formula is C19H16N2O4. The molecule has 0 atom stereocenters. The van der Waals surface area contributed by atoms with E-state index in [0.717, 1.165) is 16.0 Å². The summed E-state index contributed by atoms with van der Waals surface area (Å²) in [6.07, 6.45) is -0.616. The smallest absolute Gasteiger partial charge is 0.417 e. The minimum atomic E-state index is -0.616. The van der Waals surface area contributed by atoms with Gasteiger partial charge in [0.1, 0.15) is 0 Å². The maximum absolute atomic E-state index is 12.5. The molecule has 0 saturated carbocycles. The maximum Gasteiger partial charge on any atom is 0.417 e. The van der Waals surface area contributed by atoms with Crippen LogP contribution in [0.4, 0.5) is 4.79 Å². The van der Waals surface area contributed by atoms with Gasteiger partial charge in [-0.25, -0.2) is 9.69 Å². The van der Waals surface area contributed by atoms with Crippen LogP contribution in [0, 0.1) is 0 Å². The van der Waals surface area contributed by atoms with E-state index in [1.807, 2.05) is 42.5 Å². The van der Waals surface area contributed by atoms with Crippen LogP contribution in [0.25, 0.3) is 11.1 Å². The van der Waals surface area contributed by atoms with Gasteiger partial charge in [0.05, 0.1) is 6.04 Å². The highest BCUT2D eigenvalue weighted by atomic mass is 16.6. The van der Waals surface area contributed by atoms with Crippen molar-refractivity contribution in [1.29, 1.82) is 0 Å². The standard InChI is InChI=1S/C19H16N2O4/c22-17-12-25-19(24)21(17)16-10-20(11-16)18(23)15-8-6-14(7-9-15)13-4-2-1-3-5-13/h1-9,16H,10-12H2. The highest BCUT2D eigenvalue weighted by Crippen LogP contribution is 2.23. The molecule has 2 aliphatic rings. The molecule has 0 bridgehead atoms. The van der Waals surface area contributed by atoms with E-state index in [0.29, 0.717) is 18.7 Å². The highest BCUT2D eigenvalue weighted by Gasteiger charge is 2.44. The molecule has 0 N–H and O–H groups in total. The molecule has 25 heavy (non-hydrogen) atoms. The molecule has 126 valence electrons. The number of carbonyl (C=O) groups is 3. The van der Waals surface area contributed by atoms with Gasteiger partial charge < -0.3 is 9.64 Å². The molecule has 2 heterocycles. The van der Waals surface area contributed by atoms with Crippen molar-refractivity contribution in [2.75, 3.05) is 19.7 Å². The third-order valence-electron chi connectivity index (χ3n) is 4.54. The predicted octanol–water partition coefficient (Wildman–Crippen LogP) is 2.16. The van der Waals surface area contributed by atoms with Gasteiger partial charge >= 0.3 is 6.09 Å². The number of likely N-dealkylation sites (tertiary alicyclic amines) is 1. The molecule has 2 aromatic carbocycles. The van der Waals surface area contributed by atoms with E-state index in [4.69, 9.17) is 4.74 Å². The Labute approximate surface area is 144 Å². The van der Waals surface area contributed by atoms with Gasteiger partial charge in [0, 0.05) is 18.7 Å². The average molecular weight is 336 g/mol. The van der Waals surface area contributed by atoms with Crippen LogP contribution in [0.5, 0.6) is 0 Å².